The molecule has 0 saturated carbocycles. The molecule has 21 heavy (non-hydrogen) atoms. The molecule has 2 N–H and O–H groups in total. The standard InChI is InChI=1S/C15H23FN2O2S/c1-3-14(17)15(12-6-4-5-7-13(12)16)18(2)11-8-9-21(19,20)10-11/h4-7,11,14-15H,3,8-10,17H2,1-2H3. The second-order valence-corrected chi connectivity index (χ2v) is 7.99. The van der Waals surface area contributed by atoms with E-state index in [0.717, 1.165) is 0 Å². The van der Waals surface area contributed by atoms with Crippen molar-refractivity contribution in [2.45, 2.75) is 37.9 Å². The lowest BCUT2D eigenvalue weighted by Crippen LogP contribution is -2.44. The molecular formula is C15H23FN2O2S. The first-order valence-electron chi connectivity index (χ1n) is 7.28. The van der Waals surface area contributed by atoms with E-state index in [1.165, 1.54) is 6.07 Å². The quantitative estimate of drug-likeness (QED) is 0.899. The van der Waals surface area contributed by atoms with E-state index in [0.29, 0.717) is 18.4 Å². The Bertz CT molecular complexity index is 591. The molecule has 3 atom stereocenters. The Labute approximate surface area is 126 Å². The maximum Gasteiger partial charge on any atom is 0.151 e. The summed E-state index contributed by atoms with van der Waals surface area (Å²) in [7, 11) is -1.13. The van der Waals surface area contributed by atoms with E-state index >= 15 is 0 Å². The summed E-state index contributed by atoms with van der Waals surface area (Å²) in [6.45, 7) is 1.96. The van der Waals surface area contributed by atoms with Crippen LogP contribution in [0.4, 0.5) is 4.39 Å². The van der Waals surface area contributed by atoms with Crippen LogP contribution in [0.1, 0.15) is 31.4 Å². The van der Waals surface area contributed by atoms with Crippen LogP contribution in [0.3, 0.4) is 0 Å². The lowest BCUT2D eigenvalue weighted by atomic mass is 9.94. The predicted octanol–water partition coefficient (Wildman–Crippen LogP) is 1.72. The van der Waals surface area contributed by atoms with Crippen molar-refractivity contribution in [3.8, 4) is 0 Å². The highest BCUT2D eigenvalue weighted by Crippen LogP contribution is 2.30. The van der Waals surface area contributed by atoms with E-state index in [4.69, 9.17) is 5.73 Å². The third-order valence-electron chi connectivity index (χ3n) is 4.32. The highest BCUT2D eigenvalue weighted by atomic mass is 32.2. The van der Waals surface area contributed by atoms with Gasteiger partial charge in [-0.3, -0.25) is 4.90 Å². The van der Waals surface area contributed by atoms with E-state index < -0.39 is 9.84 Å². The van der Waals surface area contributed by atoms with Gasteiger partial charge in [-0.2, -0.15) is 0 Å². The van der Waals surface area contributed by atoms with E-state index in [1.807, 2.05) is 18.9 Å². The summed E-state index contributed by atoms with van der Waals surface area (Å²) in [5, 5.41) is 0. The molecular weight excluding hydrogens is 291 g/mol. The van der Waals surface area contributed by atoms with E-state index in [2.05, 4.69) is 0 Å². The number of rotatable bonds is 5. The summed E-state index contributed by atoms with van der Waals surface area (Å²) >= 11 is 0. The van der Waals surface area contributed by atoms with Gasteiger partial charge in [0.05, 0.1) is 17.5 Å². The van der Waals surface area contributed by atoms with Crippen molar-refractivity contribution in [2.75, 3.05) is 18.6 Å². The number of hydrogen-bond donors (Lipinski definition) is 1. The third-order valence-corrected chi connectivity index (χ3v) is 6.07. The lowest BCUT2D eigenvalue weighted by Gasteiger charge is -2.36. The van der Waals surface area contributed by atoms with E-state index in [1.54, 1.807) is 18.2 Å². The van der Waals surface area contributed by atoms with Crippen molar-refractivity contribution in [3.63, 3.8) is 0 Å². The average molecular weight is 314 g/mol. The molecule has 1 heterocycles. The van der Waals surface area contributed by atoms with Gasteiger partial charge < -0.3 is 5.73 Å². The molecule has 0 aromatic heterocycles. The highest BCUT2D eigenvalue weighted by Gasteiger charge is 2.36. The van der Waals surface area contributed by atoms with Gasteiger partial charge in [0, 0.05) is 17.6 Å². The number of nitrogens with zero attached hydrogens (tertiary/aromatic N) is 1. The molecule has 3 unspecified atom stereocenters. The molecule has 4 nitrogen and oxygen atoms in total. The first kappa shape index (κ1) is 16.4. The fourth-order valence-electron chi connectivity index (χ4n) is 3.01. The maximum absolute atomic E-state index is 14.1. The van der Waals surface area contributed by atoms with Crippen molar-refractivity contribution in [3.05, 3.63) is 35.6 Å². The minimum Gasteiger partial charge on any atom is -0.326 e. The van der Waals surface area contributed by atoms with Crippen LogP contribution in [-0.2, 0) is 9.84 Å². The zero-order valence-electron chi connectivity index (χ0n) is 12.5. The maximum atomic E-state index is 14.1. The van der Waals surface area contributed by atoms with Gasteiger partial charge in [-0.15, -0.1) is 0 Å². The van der Waals surface area contributed by atoms with E-state index in [9.17, 15) is 12.8 Å². The van der Waals surface area contributed by atoms with Gasteiger partial charge in [0.2, 0.25) is 0 Å². The number of hydrogen-bond acceptors (Lipinski definition) is 4. The van der Waals surface area contributed by atoms with Gasteiger partial charge >= 0.3 is 0 Å². The van der Waals surface area contributed by atoms with Crippen molar-refractivity contribution >= 4 is 9.84 Å². The van der Waals surface area contributed by atoms with Crippen molar-refractivity contribution < 1.29 is 12.8 Å². The third kappa shape index (κ3) is 3.62. The molecule has 0 aliphatic carbocycles. The van der Waals surface area contributed by atoms with Gasteiger partial charge in [-0.05, 0) is 26.0 Å². The summed E-state index contributed by atoms with van der Waals surface area (Å²) in [6.07, 6.45) is 1.28. The molecule has 2 rings (SSSR count). The number of benzene rings is 1. The number of nitrogens with two attached hydrogens (primary N) is 1. The Morgan fingerprint density at radius 1 is 1.43 bits per heavy atom. The van der Waals surface area contributed by atoms with Crippen LogP contribution in [0.5, 0.6) is 0 Å². The zero-order chi connectivity index (χ0) is 15.6. The smallest absolute Gasteiger partial charge is 0.151 e. The van der Waals surface area contributed by atoms with Crippen molar-refractivity contribution in [1.29, 1.82) is 0 Å². The Balaban J connectivity index is 2.31. The van der Waals surface area contributed by atoms with Gasteiger partial charge in [0.1, 0.15) is 5.82 Å². The second kappa shape index (κ2) is 6.42. The largest absolute Gasteiger partial charge is 0.326 e. The fourth-order valence-corrected chi connectivity index (χ4v) is 4.80. The van der Waals surface area contributed by atoms with E-state index in [-0.39, 0.29) is 35.4 Å². The fraction of sp³-hybridized carbons (Fsp3) is 0.600. The first-order valence-corrected chi connectivity index (χ1v) is 9.10. The minimum atomic E-state index is -2.97. The summed E-state index contributed by atoms with van der Waals surface area (Å²) in [5.41, 5.74) is 6.74. The van der Waals surface area contributed by atoms with Crippen LogP contribution in [0.2, 0.25) is 0 Å². The molecule has 1 aliphatic heterocycles. The first-order chi connectivity index (χ1) is 9.85. The van der Waals surface area contributed by atoms with Crippen LogP contribution >= 0.6 is 0 Å². The van der Waals surface area contributed by atoms with Gasteiger partial charge in [-0.1, -0.05) is 25.1 Å². The van der Waals surface area contributed by atoms with Crippen molar-refractivity contribution in [1.82, 2.24) is 4.90 Å². The molecule has 118 valence electrons. The zero-order valence-corrected chi connectivity index (χ0v) is 13.3. The Hall–Kier alpha value is -0.980. The lowest BCUT2D eigenvalue weighted by molar-refractivity contribution is 0.158. The molecule has 1 aromatic carbocycles. The molecule has 0 bridgehead atoms. The molecule has 6 heteroatoms. The molecule has 1 saturated heterocycles. The van der Waals surface area contributed by atoms with Crippen LogP contribution in [0, 0.1) is 5.82 Å². The topological polar surface area (TPSA) is 63.4 Å². The molecule has 1 aliphatic rings. The molecule has 0 spiro atoms. The average Bonchev–Trinajstić information content (AvgIpc) is 2.81. The molecule has 0 amide bonds. The Morgan fingerprint density at radius 3 is 2.62 bits per heavy atom. The normalized spacial score (nSPS) is 24.1. The second-order valence-electron chi connectivity index (χ2n) is 5.76. The number of halogens is 1. The number of likely N-dealkylation sites (N-methyl/N-ethyl adjacent to an activating group) is 1. The predicted molar refractivity (Wildman–Crippen MR) is 82.2 cm³/mol. The summed E-state index contributed by atoms with van der Waals surface area (Å²) in [5.74, 6) is 0.0391. The SMILES string of the molecule is CCC(N)C(c1ccccc1F)N(C)C1CCS(=O)(=O)C1. The monoisotopic (exact) mass is 314 g/mol. The van der Waals surface area contributed by atoms with Gasteiger partial charge in [-0.25, -0.2) is 12.8 Å². The van der Waals surface area contributed by atoms with Gasteiger partial charge in [0.25, 0.3) is 0 Å². The van der Waals surface area contributed by atoms with Crippen LogP contribution in [-0.4, -0.2) is 44.0 Å². The highest BCUT2D eigenvalue weighted by molar-refractivity contribution is 7.91. The summed E-state index contributed by atoms with van der Waals surface area (Å²) < 4.78 is 37.5. The van der Waals surface area contributed by atoms with Crippen molar-refractivity contribution in [2.24, 2.45) is 5.73 Å². The number of sulfone groups is 1. The summed E-state index contributed by atoms with van der Waals surface area (Å²) in [4.78, 5) is 1.94. The summed E-state index contributed by atoms with van der Waals surface area (Å²) in [6, 6.07) is 5.93. The van der Waals surface area contributed by atoms with Gasteiger partial charge in [0.15, 0.2) is 9.84 Å². The molecule has 0 radical (unpaired) electrons. The van der Waals surface area contributed by atoms with Crippen LogP contribution in [0.15, 0.2) is 24.3 Å². The van der Waals surface area contributed by atoms with Crippen LogP contribution in [0.25, 0.3) is 0 Å². The molecule has 1 aromatic rings. The Morgan fingerprint density at radius 2 is 2.10 bits per heavy atom. The van der Waals surface area contributed by atoms with Crippen LogP contribution < -0.4 is 5.73 Å². The molecule has 1 fully saturated rings. The minimum absolute atomic E-state index is 0.0998. The Kier molecular flexibility index (Phi) is 5.01.